The van der Waals surface area contributed by atoms with Gasteiger partial charge < -0.3 is 25.2 Å². The van der Waals surface area contributed by atoms with E-state index in [0.717, 1.165) is 24.8 Å². The maximum absolute atomic E-state index is 13.0. The van der Waals surface area contributed by atoms with Crippen LogP contribution in [0.4, 0.5) is 0 Å². The van der Waals surface area contributed by atoms with Crippen LogP contribution in [-0.2, 0) is 9.59 Å². The lowest BCUT2D eigenvalue weighted by Gasteiger charge is -2.41. The third-order valence-corrected chi connectivity index (χ3v) is 6.17. The number of aliphatic hydroxyl groups is 2. The minimum atomic E-state index is -0.934. The van der Waals surface area contributed by atoms with Crippen LogP contribution in [0.5, 0.6) is 5.75 Å². The van der Waals surface area contributed by atoms with Gasteiger partial charge in [0.2, 0.25) is 11.8 Å². The van der Waals surface area contributed by atoms with Crippen molar-refractivity contribution >= 4 is 11.8 Å². The highest BCUT2D eigenvalue weighted by atomic mass is 16.5. The van der Waals surface area contributed by atoms with E-state index in [1.165, 1.54) is 0 Å². The van der Waals surface area contributed by atoms with E-state index in [-0.39, 0.29) is 25.0 Å². The fourth-order valence-electron chi connectivity index (χ4n) is 4.52. The molecule has 1 aliphatic heterocycles. The van der Waals surface area contributed by atoms with Crippen LogP contribution in [0.2, 0.25) is 0 Å². The monoisotopic (exact) mass is 414 g/mol. The van der Waals surface area contributed by atoms with Gasteiger partial charge in [-0.2, -0.15) is 0 Å². The normalized spacial score (nSPS) is 26.8. The maximum Gasteiger partial charge on any atom is 0.247 e. The van der Waals surface area contributed by atoms with E-state index >= 15 is 0 Å². The molecule has 4 unspecified atom stereocenters. The number of carbonyl (C=O) groups is 2. The van der Waals surface area contributed by atoms with Crippen molar-refractivity contribution in [2.45, 2.75) is 56.8 Å². The van der Waals surface area contributed by atoms with Gasteiger partial charge in [-0.15, -0.1) is 0 Å². The molecule has 2 amide bonds. The number of fused-ring (bicyclic) bond motifs is 3. The summed E-state index contributed by atoms with van der Waals surface area (Å²) in [7, 11) is 0. The predicted molar refractivity (Wildman–Crippen MR) is 111 cm³/mol. The molecule has 7 nitrogen and oxygen atoms in total. The fourth-order valence-corrected chi connectivity index (χ4v) is 4.52. The van der Waals surface area contributed by atoms with Gasteiger partial charge in [0.15, 0.2) is 0 Å². The Morgan fingerprint density at radius 2 is 2.03 bits per heavy atom. The summed E-state index contributed by atoms with van der Waals surface area (Å²) in [5, 5.41) is 23.1. The molecule has 0 radical (unpaired) electrons. The molecular weight excluding hydrogens is 384 g/mol. The van der Waals surface area contributed by atoms with Gasteiger partial charge in [0.25, 0.3) is 0 Å². The molecule has 4 atom stereocenters. The molecular formula is C23H30N2O5. The van der Waals surface area contributed by atoms with Gasteiger partial charge in [-0.1, -0.05) is 25.1 Å². The Morgan fingerprint density at radius 3 is 2.73 bits per heavy atom. The summed E-state index contributed by atoms with van der Waals surface area (Å²) in [5.74, 6) is 0.397. The number of para-hydroxylation sites is 1. The third kappa shape index (κ3) is 3.96. The average molecular weight is 415 g/mol. The number of hydrogen-bond acceptors (Lipinski definition) is 5. The van der Waals surface area contributed by atoms with Gasteiger partial charge in [-0.05, 0) is 37.3 Å². The number of ether oxygens (including phenoxy) is 1. The maximum atomic E-state index is 13.0. The molecule has 3 N–H and O–H groups in total. The standard InChI is InChI=1S/C23H30N2O5/c1-2-5-19(27)25(13-14-8-9-14)17-12-16(23(29)24-10-11-26)20-15-6-3-4-7-18(15)30-22(20)21(17)28/h3-4,6-7,12,14,17,20-22,26,28H,2,5,8-11,13H2,1H3,(H,24,29). The average Bonchev–Trinajstić information content (AvgIpc) is 3.48. The van der Waals surface area contributed by atoms with Crippen LogP contribution in [0.15, 0.2) is 35.9 Å². The van der Waals surface area contributed by atoms with Crippen LogP contribution >= 0.6 is 0 Å². The molecule has 1 aromatic carbocycles. The van der Waals surface area contributed by atoms with Crippen molar-refractivity contribution in [1.29, 1.82) is 0 Å². The van der Waals surface area contributed by atoms with Crippen molar-refractivity contribution in [2.75, 3.05) is 19.7 Å². The summed E-state index contributed by atoms with van der Waals surface area (Å²) in [5.41, 5.74) is 1.35. The number of rotatable bonds is 8. The Kier molecular flexibility index (Phi) is 6.11. The Hall–Kier alpha value is -2.38. The zero-order valence-electron chi connectivity index (χ0n) is 17.3. The molecule has 0 spiro atoms. The lowest BCUT2D eigenvalue weighted by Crippen LogP contribution is -2.56. The molecule has 0 aromatic heterocycles. The van der Waals surface area contributed by atoms with E-state index in [1.54, 1.807) is 11.0 Å². The topological polar surface area (TPSA) is 99.1 Å². The molecule has 3 aliphatic rings. The van der Waals surface area contributed by atoms with Crippen LogP contribution in [0.1, 0.15) is 44.1 Å². The molecule has 1 saturated carbocycles. The lowest BCUT2D eigenvalue weighted by molar-refractivity contribution is -0.137. The number of carbonyl (C=O) groups excluding carboxylic acids is 2. The Balaban J connectivity index is 1.71. The van der Waals surface area contributed by atoms with Crippen LogP contribution < -0.4 is 10.1 Å². The third-order valence-electron chi connectivity index (χ3n) is 6.17. The van der Waals surface area contributed by atoms with Gasteiger partial charge in [0, 0.05) is 30.6 Å². The molecule has 1 aromatic rings. The van der Waals surface area contributed by atoms with Gasteiger partial charge in [0.05, 0.1) is 18.6 Å². The molecule has 1 heterocycles. The van der Waals surface area contributed by atoms with Crippen LogP contribution in [0.25, 0.3) is 0 Å². The predicted octanol–water partition coefficient (Wildman–Crippen LogP) is 1.35. The zero-order valence-corrected chi connectivity index (χ0v) is 17.3. The second-order valence-corrected chi connectivity index (χ2v) is 8.42. The highest BCUT2D eigenvalue weighted by molar-refractivity contribution is 5.96. The van der Waals surface area contributed by atoms with Gasteiger partial charge in [-0.3, -0.25) is 9.59 Å². The molecule has 7 heteroatoms. The number of nitrogens with one attached hydrogen (secondary N) is 1. The molecule has 1 fully saturated rings. The van der Waals surface area contributed by atoms with Crippen molar-refractivity contribution in [3.63, 3.8) is 0 Å². The summed E-state index contributed by atoms with van der Waals surface area (Å²) in [6.45, 7) is 2.53. The Labute approximate surface area is 176 Å². The highest BCUT2D eigenvalue weighted by Crippen LogP contribution is 2.47. The smallest absolute Gasteiger partial charge is 0.247 e. The summed E-state index contributed by atoms with van der Waals surface area (Å²) in [6, 6.07) is 6.87. The fraction of sp³-hybridized carbons (Fsp3) is 0.565. The largest absolute Gasteiger partial charge is 0.486 e. The number of benzene rings is 1. The number of aliphatic hydroxyl groups excluding tert-OH is 2. The first kappa shape index (κ1) is 20.9. The highest BCUT2D eigenvalue weighted by Gasteiger charge is 2.50. The molecule has 0 saturated heterocycles. The lowest BCUT2D eigenvalue weighted by atomic mass is 9.77. The molecule has 4 rings (SSSR count). The van der Waals surface area contributed by atoms with Gasteiger partial charge >= 0.3 is 0 Å². The minimum absolute atomic E-state index is 0.00576. The summed E-state index contributed by atoms with van der Waals surface area (Å²) in [4.78, 5) is 27.6. The van der Waals surface area contributed by atoms with E-state index < -0.39 is 24.2 Å². The first-order chi connectivity index (χ1) is 14.5. The molecule has 162 valence electrons. The molecule has 30 heavy (non-hydrogen) atoms. The van der Waals surface area contributed by atoms with Crippen molar-refractivity contribution in [1.82, 2.24) is 10.2 Å². The zero-order chi connectivity index (χ0) is 21.3. The molecule has 2 aliphatic carbocycles. The van der Waals surface area contributed by atoms with Crippen molar-refractivity contribution in [3.8, 4) is 5.75 Å². The second kappa shape index (κ2) is 8.78. The minimum Gasteiger partial charge on any atom is -0.486 e. The van der Waals surface area contributed by atoms with E-state index in [0.29, 0.717) is 30.2 Å². The SMILES string of the molecule is CCCC(=O)N(CC1CC1)C1C=C(C(=O)NCCO)C2c3ccccc3OC2C1O. The number of nitrogens with zero attached hydrogens (tertiary/aromatic N) is 1. The van der Waals surface area contributed by atoms with Crippen LogP contribution in [-0.4, -0.2) is 64.9 Å². The second-order valence-electron chi connectivity index (χ2n) is 8.42. The van der Waals surface area contributed by atoms with E-state index in [1.807, 2.05) is 31.2 Å². The number of hydrogen-bond donors (Lipinski definition) is 3. The van der Waals surface area contributed by atoms with Crippen molar-refractivity contribution in [2.24, 2.45) is 5.92 Å². The quantitative estimate of drug-likeness (QED) is 0.596. The van der Waals surface area contributed by atoms with E-state index in [4.69, 9.17) is 9.84 Å². The Bertz CT molecular complexity index is 835. The van der Waals surface area contributed by atoms with Gasteiger partial charge in [0.1, 0.15) is 18.0 Å². The summed E-state index contributed by atoms with van der Waals surface area (Å²) < 4.78 is 6.09. The van der Waals surface area contributed by atoms with Gasteiger partial charge in [-0.25, -0.2) is 0 Å². The van der Waals surface area contributed by atoms with E-state index in [2.05, 4.69) is 5.32 Å². The first-order valence-corrected chi connectivity index (χ1v) is 10.9. The van der Waals surface area contributed by atoms with Crippen molar-refractivity contribution in [3.05, 3.63) is 41.5 Å². The van der Waals surface area contributed by atoms with E-state index in [9.17, 15) is 14.7 Å². The summed E-state index contributed by atoms with van der Waals surface area (Å²) in [6.07, 6.45) is 3.48. The summed E-state index contributed by atoms with van der Waals surface area (Å²) >= 11 is 0. The molecule has 0 bridgehead atoms. The van der Waals surface area contributed by atoms with Crippen molar-refractivity contribution < 1.29 is 24.5 Å². The Morgan fingerprint density at radius 1 is 1.27 bits per heavy atom. The van der Waals surface area contributed by atoms with Crippen LogP contribution in [0.3, 0.4) is 0 Å². The number of amides is 2. The van der Waals surface area contributed by atoms with Crippen LogP contribution in [0, 0.1) is 5.92 Å². The first-order valence-electron chi connectivity index (χ1n) is 10.9.